The number of hydrogen-bond acceptors (Lipinski definition) is 3. The molecule has 108 valence electrons. The molecule has 5 heteroatoms. The summed E-state index contributed by atoms with van der Waals surface area (Å²) in [5.41, 5.74) is 1.25. The number of likely N-dealkylation sites (tertiary alicyclic amines) is 1. The summed E-state index contributed by atoms with van der Waals surface area (Å²) >= 11 is 1.71. The number of rotatable bonds is 3. The van der Waals surface area contributed by atoms with Crippen LogP contribution in [0.4, 0.5) is 0 Å². The van der Waals surface area contributed by atoms with Crippen LogP contribution in [0.15, 0.2) is 11.4 Å². The van der Waals surface area contributed by atoms with Gasteiger partial charge in [0.05, 0.1) is 0 Å². The number of carboxylic acid groups (broad SMARTS) is 1. The van der Waals surface area contributed by atoms with Gasteiger partial charge in [-0.15, -0.1) is 11.3 Å². The molecule has 3 rings (SSSR count). The van der Waals surface area contributed by atoms with E-state index in [9.17, 15) is 14.7 Å². The first-order valence-electron chi connectivity index (χ1n) is 7.17. The van der Waals surface area contributed by atoms with Gasteiger partial charge in [0.1, 0.15) is 6.04 Å². The number of carbonyl (C=O) groups is 2. The van der Waals surface area contributed by atoms with E-state index < -0.39 is 12.0 Å². The number of aryl methyl sites for hydroxylation is 1. The van der Waals surface area contributed by atoms with Gasteiger partial charge in [0, 0.05) is 23.3 Å². The molecule has 1 aliphatic carbocycles. The lowest BCUT2D eigenvalue weighted by molar-refractivity contribution is -0.152. The minimum absolute atomic E-state index is 0.00676. The molecule has 1 aromatic rings. The number of carboxylic acids is 1. The molecule has 0 unspecified atom stereocenters. The third-order valence-electron chi connectivity index (χ3n) is 4.42. The van der Waals surface area contributed by atoms with Crippen molar-refractivity contribution in [1.29, 1.82) is 0 Å². The summed E-state index contributed by atoms with van der Waals surface area (Å²) in [6, 6.07) is 1.47. The van der Waals surface area contributed by atoms with Gasteiger partial charge in [0.25, 0.3) is 0 Å². The largest absolute Gasteiger partial charge is 0.480 e. The third kappa shape index (κ3) is 2.35. The van der Waals surface area contributed by atoms with Gasteiger partial charge >= 0.3 is 5.97 Å². The molecular weight excluding hydrogens is 274 g/mol. The van der Waals surface area contributed by atoms with Crippen molar-refractivity contribution in [2.24, 2.45) is 5.92 Å². The molecule has 1 aromatic heterocycles. The number of aliphatic carboxylic acids is 1. The molecular formula is C15H19NO3S. The Morgan fingerprint density at radius 1 is 1.40 bits per heavy atom. The van der Waals surface area contributed by atoms with E-state index in [1.54, 1.807) is 16.2 Å². The molecule has 3 atom stereocenters. The second-order valence-electron chi connectivity index (χ2n) is 5.80. The lowest BCUT2D eigenvalue weighted by Gasteiger charge is -2.33. The molecule has 20 heavy (non-hydrogen) atoms. The zero-order valence-electron chi connectivity index (χ0n) is 11.5. The first-order valence-corrected chi connectivity index (χ1v) is 8.05. The van der Waals surface area contributed by atoms with Gasteiger partial charge in [-0.2, -0.15) is 0 Å². The molecule has 1 N–H and O–H groups in total. The number of piperidine rings is 1. The maximum Gasteiger partial charge on any atom is 0.326 e. The van der Waals surface area contributed by atoms with Crippen LogP contribution in [-0.2, 0) is 9.59 Å². The predicted octanol–water partition coefficient (Wildman–Crippen LogP) is 2.63. The Labute approximate surface area is 122 Å². The van der Waals surface area contributed by atoms with Crippen molar-refractivity contribution in [1.82, 2.24) is 4.90 Å². The molecule has 2 heterocycles. The van der Waals surface area contributed by atoms with Crippen LogP contribution < -0.4 is 0 Å². The van der Waals surface area contributed by atoms with Crippen LogP contribution in [0.1, 0.15) is 42.0 Å². The van der Waals surface area contributed by atoms with E-state index in [-0.39, 0.29) is 11.8 Å². The Morgan fingerprint density at radius 3 is 2.85 bits per heavy atom. The summed E-state index contributed by atoms with van der Waals surface area (Å²) < 4.78 is 0. The first-order chi connectivity index (χ1) is 9.59. The highest BCUT2D eigenvalue weighted by Crippen LogP contribution is 2.51. The smallest absolute Gasteiger partial charge is 0.326 e. The summed E-state index contributed by atoms with van der Waals surface area (Å²) in [4.78, 5) is 26.8. The fraction of sp³-hybridized carbons (Fsp3) is 0.600. The quantitative estimate of drug-likeness (QED) is 0.932. The van der Waals surface area contributed by atoms with Gasteiger partial charge in [-0.3, -0.25) is 4.79 Å². The van der Waals surface area contributed by atoms with Crippen LogP contribution in [0.5, 0.6) is 0 Å². The van der Waals surface area contributed by atoms with Gasteiger partial charge in [-0.1, -0.05) is 0 Å². The van der Waals surface area contributed by atoms with Gasteiger partial charge in [0.2, 0.25) is 5.91 Å². The lowest BCUT2D eigenvalue weighted by atomic mass is 10.0. The number of nitrogens with zero attached hydrogens (tertiary/aromatic N) is 1. The van der Waals surface area contributed by atoms with Crippen LogP contribution in [0.25, 0.3) is 0 Å². The summed E-state index contributed by atoms with van der Waals surface area (Å²) in [6.07, 6.45) is 3.29. The Morgan fingerprint density at radius 2 is 2.20 bits per heavy atom. The summed E-state index contributed by atoms with van der Waals surface area (Å²) in [5.74, 6) is -0.483. The number of thiophene rings is 1. The normalized spacial score (nSPS) is 29.2. The van der Waals surface area contributed by atoms with Crippen LogP contribution in [-0.4, -0.2) is 34.5 Å². The topological polar surface area (TPSA) is 57.6 Å². The number of carbonyl (C=O) groups excluding carboxylic acids is 1. The fourth-order valence-corrected chi connectivity index (χ4v) is 4.30. The van der Waals surface area contributed by atoms with Gasteiger partial charge in [-0.25, -0.2) is 4.79 Å². The van der Waals surface area contributed by atoms with Crippen LogP contribution in [0.3, 0.4) is 0 Å². The minimum atomic E-state index is -0.859. The standard InChI is InChI=1S/C15H19NO3S/c1-9-5-7-20-13(9)10-8-11(10)14(17)16-6-3-2-4-12(16)15(18)19/h5,7,10-12H,2-4,6,8H2,1H3,(H,18,19)/t10-,11-,12+/m0/s1. The Balaban J connectivity index is 1.71. The maximum absolute atomic E-state index is 12.6. The van der Waals surface area contributed by atoms with Crippen LogP contribution in [0, 0.1) is 12.8 Å². The minimum Gasteiger partial charge on any atom is -0.480 e. The molecule has 0 aromatic carbocycles. The van der Waals surface area contributed by atoms with Gasteiger partial charge < -0.3 is 10.0 Å². The third-order valence-corrected chi connectivity index (χ3v) is 5.57. The van der Waals surface area contributed by atoms with E-state index in [4.69, 9.17) is 0 Å². The molecule has 0 bridgehead atoms. The van der Waals surface area contributed by atoms with E-state index in [1.165, 1.54) is 10.4 Å². The van der Waals surface area contributed by atoms with Crippen molar-refractivity contribution in [3.63, 3.8) is 0 Å². The highest BCUT2D eigenvalue weighted by Gasteiger charge is 2.49. The zero-order chi connectivity index (χ0) is 14.3. The van der Waals surface area contributed by atoms with E-state index in [0.29, 0.717) is 18.9 Å². The highest BCUT2D eigenvalue weighted by atomic mass is 32.1. The van der Waals surface area contributed by atoms with Crippen molar-refractivity contribution < 1.29 is 14.7 Å². The average molecular weight is 293 g/mol. The summed E-state index contributed by atoms with van der Waals surface area (Å²) in [6.45, 7) is 2.68. The van der Waals surface area contributed by atoms with Crippen molar-refractivity contribution in [2.45, 2.75) is 44.6 Å². The van der Waals surface area contributed by atoms with E-state index in [0.717, 1.165) is 19.3 Å². The number of hydrogen-bond donors (Lipinski definition) is 1. The van der Waals surface area contributed by atoms with Crippen molar-refractivity contribution in [2.75, 3.05) is 6.54 Å². The second-order valence-corrected chi connectivity index (χ2v) is 6.75. The molecule has 0 radical (unpaired) electrons. The van der Waals surface area contributed by atoms with E-state index in [2.05, 4.69) is 18.4 Å². The Kier molecular flexibility index (Phi) is 3.54. The molecule has 1 saturated heterocycles. The summed E-state index contributed by atoms with van der Waals surface area (Å²) in [5, 5.41) is 11.3. The van der Waals surface area contributed by atoms with Gasteiger partial charge in [-0.05, 0) is 49.6 Å². The van der Waals surface area contributed by atoms with Crippen LogP contribution >= 0.6 is 11.3 Å². The fourth-order valence-electron chi connectivity index (χ4n) is 3.19. The van der Waals surface area contributed by atoms with E-state index >= 15 is 0 Å². The molecule has 1 amide bonds. The zero-order valence-corrected chi connectivity index (χ0v) is 12.4. The van der Waals surface area contributed by atoms with E-state index in [1.807, 2.05) is 0 Å². The maximum atomic E-state index is 12.6. The van der Waals surface area contributed by atoms with Crippen molar-refractivity contribution >= 4 is 23.2 Å². The van der Waals surface area contributed by atoms with Crippen LogP contribution in [0.2, 0.25) is 0 Å². The molecule has 2 fully saturated rings. The monoisotopic (exact) mass is 293 g/mol. The Hall–Kier alpha value is -1.36. The van der Waals surface area contributed by atoms with Crippen molar-refractivity contribution in [3.8, 4) is 0 Å². The second kappa shape index (κ2) is 5.20. The Bertz CT molecular complexity index is 539. The molecule has 1 saturated carbocycles. The molecule has 1 aliphatic heterocycles. The average Bonchev–Trinajstić information content (AvgIpc) is 3.12. The predicted molar refractivity (Wildman–Crippen MR) is 76.9 cm³/mol. The van der Waals surface area contributed by atoms with Gasteiger partial charge in [0.15, 0.2) is 0 Å². The molecule has 0 spiro atoms. The molecule has 2 aliphatic rings. The molecule has 4 nitrogen and oxygen atoms in total. The summed E-state index contributed by atoms with van der Waals surface area (Å²) in [7, 11) is 0. The number of amides is 1. The SMILES string of the molecule is Cc1ccsc1[C@H]1C[C@@H]1C(=O)N1CCCC[C@@H]1C(=O)O. The first kappa shape index (κ1) is 13.6. The lowest BCUT2D eigenvalue weighted by Crippen LogP contribution is -2.48. The highest BCUT2D eigenvalue weighted by molar-refractivity contribution is 7.10. The van der Waals surface area contributed by atoms with Crippen molar-refractivity contribution in [3.05, 3.63) is 21.9 Å².